The molecule has 4 atom stereocenters. The molecule has 11 N–H and O–H groups in total. The number of nitrogens with two attached hydrogens (primary N) is 1. The second kappa shape index (κ2) is 34.8. The molecule has 12 aliphatic rings. The fourth-order valence-electron chi connectivity index (χ4n) is 22.3. The van der Waals surface area contributed by atoms with E-state index in [1.54, 1.807) is 80.3 Å². The van der Waals surface area contributed by atoms with Crippen molar-refractivity contribution in [3.63, 3.8) is 0 Å². The maximum Gasteiger partial charge on any atom is 0.325 e. The minimum atomic E-state index is -1.09. The van der Waals surface area contributed by atoms with Gasteiger partial charge in [0.25, 0.3) is 23.6 Å². The van der Waals surface area contributed by atoms with E-state index in [0.29, 0.717) is 16.8 Å². The number of methoxy groups -OCH3 is 3. The number of urea groups is 2. The highest BCUT2D eigenvalue weighted by molar-refractivity contribution is 14.1. The van der Waals surface area contributed by atoms with Crippen molar-refractivity contribution < 1.29 is 63.3 Å². The number of aryl methyl sites for hydroxylation is 8. The number of amides is 8. The average molecular weight is 1790 g/mol. The first-order chi connectivity index (χ1) is 58.0. The van der Waals surface area contributed by atoms with E-state index in [1.807, 2.05) is 47.4 Å². The van der Waals surface area contributed by atoms with E-state index in [4.69, 9.17) is 47.5 Å². The van der Waals surface area contributed by atoms with E-state index in [1.165, 1.54) is 77.4 Å². The number of aliphatic imine (C=N–C) groups is 1. The fourth-order valence-corrected chi connectivity index (χ4v) is 22.6. The first kappa shape index (κ1) is 89.5. The maximum atomic E-state index is 13.7. The highest BCUT2D eigenvalue weighted by Crippen LogP contribution is 2.65. The number of rotatable bonds is 3. The predicted molar refractivity (Wildman–Crippen MR) is 483 cm³/mol. The van der Waals surface area contributed by atoms with Gasteiger partial charge in [-0.15, -0.1) is 0 Å². The number of hydrogen-bond acceptors (Lipinski definition) is 17. The number of phenols is 1. The number of guanidine groups is 1. The topological polar surface area (TPSA) is 322 Å². The van der Waals surface area contributed by atoms with Crippen LogP contribution in [0.1, 0.15) is 161 Å². The SMILES string of the molecule is CC(C)(C)OO.CI.CN1C(=O)NC2(C1=O)c1cc(O)ccc1CC21CCc2ccccc2CC1.CO.COc1ccc2c(c1)C1(N=C(N)N(C)C1=O)C1(CCc3ccccc3CC1)C2.COc1ccc2c(c1)C1(NC(=O)N(C)C1=O)C1(CCc3ccccc3CC1)C2.COc1ccc2c(c1)C1(NC(=S)N(C)C1=O)C1(CCc3ccccc3CC1)C2.N. The van der Waals surface area contributed by atoms with Crippen LogP contribution in [0.3, 0.4) is 0 Å². The van der Waals surface area contributed by atoms with E-state index in [0.717, 1.165) is 180 Å². The van der Waals surface area contributed by atoms with Crippen LogP contribution in [-0.4, -0.2) is 149 Å². The van der Waals surface area contributed by atoms with Crippen LogP contribution in [0.2, 0.25) is 0 Å². The van der Waals surface area contributed by atoms with Gasteiger partial charge in [0.1, 0.15) is 23.0 Å². The van der Waals surface area contributed by atoms with Gasteiger partial charge in [-0.3, -0.25) is 44.0 Å². The molecule has 4 unspecified atom stereocenters. The number of thiocarbonyl (C=S) groups is 1. The molecule has 20 rings (SSSR count). The highest BCUT2D eigenvalue weighted by Gasteiger charge is 2.71. The lowest BCUT2D eigenvalue weighted by Gasteiger charge is -2.42. The van der Waals surface area contributed by atoms with E-state index >= 15 is 0 Å². The Labute approximate surface area is 734 Å². The quantitative estimate of drug-likeness (QED) is 0.0203. The molecule has 3 saturated heterocycles. The molecule has 644 valence electrons. The first-order valence-electron chi connectivity index (χ1n) is 41.8. The van der Waals surface area contributed by atoms with Gasteiger partial charge in [0.05, 0.1) is 26.9 Å². The standard InChI is InChI=1S/C23H25N3O2.C23H24N2O3.C23H24N2O2S.C22H22N2O3.C4H10O2.CH3I.CH4O.H3N/c1-26-20(27)23(25-21(26)24)19-13-18(28-2)8-7-17(19)14-22(23)11-9-15-5-3-4-6-16(15)10-12-22;1-25-20(26)23(24-21(25)27)19-13-18(28-2)8-7-17(19)14-22(23)11-9-15-5-3-4-6-16(15)10-12-22;1-25-20(26)23(24-21(25)28)19-13-18(27-2)8-7-17(19)14-22(23)11-9-15-5-3-4-6-16(15)10-12-22;1-24-19(26)22(23-20(24)27)18-12-17(25)7-6-16(18)13-21(22)10-8-14-4-2-3-5-15(14)9-11-21;1-4(2,3)6-5;2*1-2;/h3-8,13H,9-12,14H2,1-2H3,(H2,24,25);3-8,13H,9-12,14H2,1-2H3,(H,24,27);3-8,13H,9-12,14H2,1-2H3,(H,24,28);2-7,12,25H,8-11,13H2,1H3,(H,23,27);5H,1-3H3;1H3;2H,1H3;1H3. The Morgan fingerprint density at radius 1 is 0.402 bits per heavy atom. The van der Waals surface area contributed by atoms with Crippen LogP contribution in [0.15, 0.2) is 175 Å². The number of ether oxygens (including phenoxy) is 3. The number of aliphatic hydroxyl groups excluding tert-OH is 1. The fraction of sp³-hybridized carbons (Fsp3) is 0.423. The maximum absolute atomic E-state index is 13.7. The van der Waals surface area contributed by atoms with Gasteiger partial charge < -0.3 is 52.3 Å². The molecule has 3 fully saturated rings. The second-order valence-electron chi connectivity index (χ2n) is 35.2. The van der Waals surface area contributed by atoms with Crippen molar-refractivity contribution in [3.05, 3.63) is 259 Å². The second-order valence-corrected chi connectivity index (χ2v) is 35.6. The molecule has 0 radical (unpaired) electrons. The number of phenolic OH excluding ortho intramolecular Hbond substituents is 1. The van der Waals surface area contributed by atoms with Gasteiger partial charge in [-0.25, -0.2) is 19.5 Å². The average Bonchev–Trinajstić information content (AvgIpc) is 1.55. The summed E-state index contributed by atoms with van der Waals surface area (Å²) in [6.07, 6.45) is 17.8. The number of aliphatic hydroxyl groups is 1. The molecule has 8 aliphatic carbocycles. The molecule has 8 aromatic rings. The highest BCUT2D eigenvalue weighted by atomic mass is 127. The third kappa shape index (κ3) is 14.5. The first-order valence-corrected chi connectivity index (χ1v) is 44.3. The van der Waals surface area contributed by atoms with Gasteiger partial charge in [0.15, 0.2) is 33.2 Å². The largest absolute Gasteiger partial charge is 0.508 e. The number of hydrogen-bond donors (Lipinski definition) is 8. The Morgan fingerprint density at radius 2 is 0.672 bits per heavy atom. The summed E-state index contributed by atoms with van der Waals surface area (Å²) >= 11 is 7.69. The molecule has 0 bridgehead atoms. The van der Waals surface area contributed by atoms with Crippen molar-refractivity contribution in [3.8, 4) is 23.0 Å². The third-order valence-corrected chi connectivity index (χ3v) is 28.9. The zero-order valence-corrected chi connectivity index (χ0v) is 75.0. The Kier molecular flexibility index (Phi) is 25.5. The van der Waals surface area contributed by atoms with E-state index in [-0.39, 0.29) is 69.3 Å². The summed E-state index contributed by atoms with van der Waals surface area (Å²) in [4.78, 5) is 95.8. The van der Waals surface area contributed by atoms with Crippen molar-refractivity contribution >= 4 is 81.6 Å². The molecule has 8 amide bonds. The summed E-state index contributed by atoms with van der Waals surface area (Å²) in [7, 11) is 12.6. The molecule has 25 heteroatoms. The Balaban J connectivity index is 0.000000135. The molecular formula is C97H115IN10O13S. The Bertz CT molecular complexity index is 5170. The molecule has 0 saturated carbocycles. The number of nitrogens with zero attached hydrogens (tertiary/aromatic N) is 5. The zero-order valence-electron chi connectivity index (χ0n) is 72.0. The molecular weight excluding hydrogens is 1670 g/mol. The zero-order chi connectivity index (χ0) is 86.6. The number of fused-ring (bicyclic) bond motifs is 16. The van der Waals surface area contributed by atoms with Crippen LogP contribution in [0.4, 0.5) is 9.59 Å². The van der Waals surface area contributed by atoms with Crippen LogP contribution < -0.4 is 42.0 Å². The van der Waals surface area contributed by atoms with Crippen LogP contribution in [-0.2, 0) is 123 Å². The summed E-state index contributed by atoms with van der Waals surface area (Å²) in [5.74, 6) is 2.38. The van der Waals surface area contributed by atoms with Crippen LogP contribution in [0, 0.1) is 21.7 Å². The molecule has 122 heavy (non-hydrogen) atoms. The van der Waals surface area contributed by atoms with Crippen LogP contribution in [0.25, 0.3) is 0 Å². The summed E-state index contributed by atoms with van der Waals surface area (Å²) in [5.41, 5.74) is 20.0. The van der Waals surface area contributed by atoms with Crippen molar-refractivity contribution in [2.75, 3.05) is 61.6 Å². The van der Waals surface area contributed by atoms with Gasteiger partial charge in [-0.2, -0.15) is 0 Å². The Morgan fingerprint density at radius 3 is 0.943 bits per heavy atom. The number of halogens is 1. The summed E-state index contributed by atoms with van der Waals surface area (Å²) in [6, 6.07) is 57.0. The molecule has 8 aromatic carbocycles. The molecule has 8 spiro atoms. The molecule has 0 aromatic heterocycles. The number of carbonyl (C=O) groups excluding carboxylic acids is 6. The number of imide groups is 2. The summed E-state index contributed by atoms with van der Waals surface area (Å²) in [6.45, 7) is 5.31. The summed E-state index contributed by atoms with van der Waals surface area (Å²) in [5, 5.41) is 35.2. The monoisotopic (exact) mass is 1790 g/mol. The number of alkyl halides is 1. The minimum Gasteiger partial charge on any atom is -0.508 e. The van der Waals surface area contributed by atoms with Crippen molar-refractivity contribution in [2.45, 2.75) is 177 Å². The van der Waals surface area contributed by atoms with E-state index < -0.39 is 27.8 Å². The number of nitrogens with one attached hydrogen (secondary N) is 3. The van der Waals surface area contributed by atoms with Gasteiger partial charge >= 0.3 is 12.1 Å². The van der Waals surface area contributed by atoms with Crippen molar-refractivity contribution in [1.29, 1.82) is 0 Å². The number of likely N-dealkylation sites (N-methyl/N-ethyl adjacent to an activating group) is 4. The lowest BCUT2D eigenvalue weighted by molar-refractivity contribution is -0.306. The number of aromatic hydroxyl groups is 1. The van der Waals surface area contributed by atoms with Gasteiger partial charge in [-0.1, -0.05) is 144 Å². The predicted octanol–water partition coefficient (Wildman–Crippen LogP) is 14.3. The molecule has 23 nitrogen and oxygen atoms in total. The number of benzene rings is 8. The molecule has 4 heterocycles. The molecule has 4 aliphatic heterocycles. The normalized spacial score (nSPS) is 23.4. The van der Waals surface area contributed by atoms with Crippen molar-refractivity contribution in [2.24, 2.45) is 32.4 Å². The summed E-state index contributed by atoms with van der Waals surface area (Å²) < 4.78 is 16.4. The van der Waals surface area contributed by atoms with Gasteiger partial charge in [-0.05, 0) is 304 Å². The van der Waals surface area contributed by atoms with Gasteiger partial charge in [0.2, 0.25) is 0 Å². The Hall–Kier alpha value is -10.3. The lowest BCUT2D eigenvalue weighted by atomic mass is 9.65. The van der Waals surface area contributed by atoms with Gasteiger partial charge in [0, 0.05) is 57.0 Å². The minimum absolute atomic E-state index is 0. The van der Waals surface area contributed by atoms with Crippen LogP contribution >= 0.6 is 34.8 Å². The lowest BCUT2D eigenvalue weighted by Crippen LogP contribution is -2.55. The van der Waals surface area contributed by atoms with Crippen molar-refractivity contribution in [1.82, 2.24) is 41.7 Å². The number of carbonyl (C=O) groups is 6. The smallest absolute Gasteiger partial charge is 0.325 e. The van der Waals surface area contributed by atoms with E-state index in [9.17, 15) is 33.9 Å². The third-order valence-electron chi connectivity index (χ3n) is 28.6. The van der Waals surface area contributed by atoms with Crippen LogP contribution in [0.5, 0.6) is 23.0 Å². The van der Waals surface area contributed by atoms with E-state index in [2.05, 4.69) is 159 Å².